The summed E-state index contributed by atoms with van der Waals surface area (Å²) in [7, 11) is 0. The smallest absolute Gasteiger partial charge is 0.233 e. The van der Waals surface area contributed by atoms with Crippen molar-refractivity contribution in [3.63, 3.8) is 0 Å². The zero-order chi connectivity index (χ0) is 12.1. The number of carbonyl (C=O) groups excluding carboxylic acids is 1. The van der Waals surface area contributed by atoms with Crippen LogP contribution in [0.4, 0.5) is 0 Å². The van der Waals surface area contributed by atoms with Crippen LogP contribution in [0.5, 0.6) is 0 Å². The van der Waals surface area contributed by atoms with Crippen LogP contribution in [0.25, 0.3) is 0 Å². The van der Waals surface area contributed by atoms with E-state index >= 15 is 0 Å². The Morgan fingerprint density at radius 2 is 2.06 bits per heavy atom. The highest BCUT2D eigenvalue weighted by Gasteiger charge is 2.19. The van der Waals surface area contributed by atoms with Gasteiger partial charge in [-0.1, -0.05) is 19.9 Å². The Morgan fingerprint density at radius 1 is 1.38 bits per heavy atom. The molecule has 0 bridgehead atoms. The molecule has 16 heavy (non-hydrogen) atoms. The second kappa shape index (κ2) is 5.89. The normalized spacial score (nSPS) is 14.6. The van der Waals surface area contributed by atoms with Crippen molar-refractivity contribution in [2.75, 3.05) is 0 Å². The van der Waals surface area contributed by atoms with E-state index in [-0.39, 0.29) is 23.1 Å². The summed E-state index contributed by atoms with van der Waals surface area (Å²) >= 11 is 4.27. The summed E-state index contributed by atoms with van der Waals surface area (Å²) in [5.41, 5.74) is 0.861. The van der Waals surface area contributed by atoms with Gasteiger partial charge < -0.3 is 5.32 Å². The largest absolute Gasteiger partial charge is 0.347 e. The highest BCUT2D eigenvalue weighted by Crippen LogP contribution is 2.13. The number of carbonyl (C=O) groups is 1. The molecule has 1 N–H and O–H groups in total. The maximum Gasteiger partial charge on any atom is 0.233 e. The van der Waals surface area contributed by atoms with Crippen molar-refractivity contribution in [1.29, 1.82) is 0 Å². The third-order valence-corrected chi connectivity index (χ3v) is 3.22. The number of rotatable bonds is 4. The minimum absolute atomic E-state index is 0.0449. The Morgan fingerprint density at radius 3 is 2.56 bits per heavy atom. The lowest BCUT2D eigenvalue weighted by atomic mass is 10.1. The van der Waals surface area contributed by atoms with Gasteiger partial charge in [0.15, 0.2) is 0 Å². The first-order valence-corrected chi connectivity index (χ1v) is 5.93. The second-order valence-corrected chi connectivity index (χ2v) is 4.73. The molecule has 0 saturated carbocycles. The quantitative estimate of drug-likeness (QED) is 0.790. The average molecular weight is 238 g/mol. The zero-order valence-corrected chi connectivity index (χ0v) is 10.7. The van der Waals surface area contributed by atoms with Crippen LogP contribution in [-0.4, -0.2) is 16.1 Å². The molecule has 3 nitrogen and oxygen atoms in total. The van der Waals surface area contributed by atoms with Crippen molar-refractivity contribution in [3.05, 3.63) is 30.1 Å². The van der Waals surface area contributed by atoms with E-state index in [9.17, 15) is 4.79 Å². The number of hydrogen-bond donors (Lipinski definition) is 2. The molecule has 1 amide bonds. The van der Waals surface area contributed by atoms with Crippen LogP contribution in [0, 0.1) is 5.92 Å². The van der Waals surface area contributed by atoms with Gasteiger partial charge in [0.1, 0.15) is 0 Å². The molecule has 0 aliphatic carbocycles. The van der Waals surface area contributed by atoms with E-state index in [1.807, 2.05) is 39.0 Å². The van der Waals surface area contributed by atoms with Gasteiger partial charge in [-0.2, -0.15) is 12.6 Å². The minimum Gasteiger partial charge on any atom is -0.347 e. The third-order valence-electron chi connectivity index (χ3n) is 2.39. The first-order valence-electron chi connectivity index (χ1n) is 5.41. The van der Waals surface area contributed by atoms with Crippen molar-refractivity contribution in [2.45, 2.75) is 32.1 Å². The predicted molar refractivity (Wildman–Crippen MR) is 68.4 cm³/mol. The van der Waals surface area contributed by atoms with Crippen molar-refractivity contribution in [3.8, 4) is 0 Å². The molecule has 1 aromatic rings. The fraction of sp³-hybridized carbons (Fsp3) is 0.500. The van der Waals surface area contributed by atoms with Gasteiger partial charge in [0.05, 0.1) is 17.0 Å². The SMILES string of the molecule is CC(NC(=O)C(S)C(C)C)c1ccccn1. The summed E-state index contributed by atoms with van der Waals surface area (Å²) in [4.78, 5) is 15.9. The summed E-state index contributed by atoms with van der Waals surface area (Å²) in [6, 6.07) is 5.58. The van der Waals surface area contributed by atoms with Crippen LogP contribution >= 0.6 is 12.6 Å². The van der Waals surface area contributed by atoms with E-state index in [0.717, 1.165) is 5.69 Å². The molecular weight excluding hydrogens is 220 g/mol. The molecule has 1 heterocycles. The van der Waals surface area contributed by atoms with Crippen molar-refractivity contribution in [1.82, 2.24) is 10.3 Å². The summed E-state index contributed by atoms with van der Waals surface area (Å²) in [5, 5.41) is 2.63. The molecule has 1 rings (SSSR count). The van der Waals surface area contributed by atoms with Gasteiger partial charge in [-0.25, -0.2) is 0 Å². The molecule has 0 saturated heterocycles. The van der Waals surface area contributed by atoms with Gasteiger partial charge in [-0.05, 0) is 25.0 Å². The topological polar surface area (TPSA) is 42.0 Å². The number of pyridine rings is 1. The first kappa shape index (κ1) is 13.0. The molecule has 0 radical (unpaired) electrons. The maximum absolute atomic E-state index is 11.8. The molecule has 0 spiro atoms. The lowest BCUT2D eigenvalue weighted by molar-refractivity contribution is -0.121. The van der Waals surface area contributed by atoms with Crippen molar-refractivity contribution >= 4 is 18.5 Å². The van der Waals surface area contributed by atoms with Gasteiger partial charge in [0.2, 0.25) is 5.91 Å². The fourth-order valence-electron chi connectivity index (χ4n) is 1.31. The van der Waals surface area contributed by atoms with Gasteiger partial charge in [-0.15, -0.1) is 0 Å². The van der Waals surface area contributed by atoms with Crippen LogP contribution in [0.1, 0.15) is 32.5 Å². The van der Waals surface area contributed by atoms with Crippen molar-refractivity contribution in [2.24, 2.45) is 5.92 Å². The van der Waals surface area contributed by atoms with Crippen molar-refractivity contribution < 1.29 is 4.79 Å². The fourth-order valence-corrected chi connectivity index (χ4v) is 1.38. The maximum atomic E-state index is 11.8. The second-order valence-electron chi connectivity index (χ2n) is 4.17. The van der Waals surface area contributed by atoms with E-state index in [2.05, 4.69) is 22.9 Å². The van der Waals surface area contributed by atoms with E-state index in [1.54, 1.807) is 6.20 Å². The van der Waals surface area contributed by atoms with Crippen LogP contribution in [-0.2, 0) is 4.79 Å². The highest BCUT2D eigenvalue weighted by molar-refractivity contribution is 7.81. The molecular formula is C12H18N2OS. The third kappa shape index (κ3) is 3.52. The number of aromatic nitrogens is 1. The first-order chi connectivity index (χ1) is 7.52. The Bertz CT molecular complexity index is 340. The number of thiol groups is 1. The Labute approximate surface area is 102 Å². The molecule has 0 fully saturated rings. The van der Waals surface area contributed by atoms with E-state index in [4.69, 9.17) is 0 Å². The van der Waals surface area contributed by atoms with E-state index in [1.165, 1.54) is 0 Å². The summed E-state index contributed by atoms with van der Waals surface area (Å²) in [6.45, 7) is 5.87. The van der Waals surface area contributed by atoms with Gasteiger partial charge in [0.25, 0.3) is 0 Å². The van der Waals surface area contributed by atoms with Gasteiger partial charge >= 0.3 is 0 Å². The molecule has 1 aromatic heterocycles. The standard InChI is InChI=1S/C12H18N2OS/c1-8(2)11(16)12(15)14-9(3)10-6-4-5-7-13-10/h4-9,11,16H,1-3H3,(H,14,15). The summed E-state index contributed by atoms with van der Waals surface area (Å²) in [5.74, 6) is 0.177. The molecule has 0 aliphatic heterocycles. The lowest BCUT2D eigenvalue weighted by Gasteiger charge is -2.18. The van der Waals surface area contributed by atoms with Crippen LogP contribution in [0.3, 0.4) is 0 Å². The van der Waals surface area contributed by atoms with Gasteiger partial charge in [0, 0.05) is 6.20 Å². The number of hydrogen-bond acceptors (Lipinski definition) is 3. The molecule has 0 aliphatic rings. The zero-order valence-electron chi connectivity index (χ0n) is 9.84. The number of nitrogens with zero attached hydrogens (tertiary/aromatic N) is 1. The molecule has 88 valence electrons. The Kier molecular flexibility index (Phi) is 4.80. The molecule has 2 atom stereocenters. The average Bonchev–Trinajstić information content (AvgIpc) is 2.28. The van der Waals surface area contributed by atoms with Crippen LogP contribution in [0.15, 0.2) is 24.4 Å². The molecule has 0 aromatic carbocycles. The van der Waals surface area contributed by atoms with E-state index < -0.39 is 0 Å². The number of nitrogens with one attached hydrogen (secondary N) is 1. The van der Waals surface area contributed by atoms with Crippen LogP contribution in [0.2, 0.25) is 0 Å². The summed E-state index contributed by atoms with van der Waals surface area (Å²) < 4.78 is 0. The Balaban J connectivity index is 2.58. The van der Waals surface area contributed by atoms with Gasteiger partial charge in [-0.3, -0.25) is 9.78 Å². The highest BCUT2D eigenvalue weighted by atomic mass is 32.1. The monoisotopic (exact) mass is 238 g/mol. The lowest BCUT2D eigenvalue weighted by Crippen LogP contribution is -2.36. The molecule has 4 heteroatoms. The predicted octanol–water partition coefficient (Wildman–Crippen LogP) is 2.21. The minimum atomic E-state index is -0.272. The summed E-state index contributed by atoms with van der Waals surface area (Å²) in [6.07, 6.45) is 1.72. The number of amides is 1. The Hall–Kier alpha value is -1.03. The van der Waals surface area contributed by atoms with E-state index in [0.29, 0.717) is 0 Å². The van der Waals surface area contributed by atoms with Crippen LogP contribution < -0.4 is 5.32 Å². The molecule has 2 unspecified atom stereocenters.